The zero-order chi connectivity index (χ0) is 19.6. The highest BCUT2D eigenvalue weighted by molar-refractivity contribution is 6.36. The van der Waals surface area contributed by atoms with Crippen LogP contribution in [0.25, 0.3) is 0 Å². The van der Waals surface area contributed by atoms with Gasteiger partial charge in [0.15, 0.2) is 0 Å². The summed E-state index contributed by atoms with van der Waals surface area (Å²) in [5.41, 5.74) is 4.08. The number of anilines is 1. The van der Waals surface area contributed by atoms with Crippen molar-refractivity contribution in [1.82, 2.24) is 4.98 Å². The summed E-state index contributed by atoms with van der Waals surface area (Å²) in [5.74, 6) is -1.27. The molecule has 1 atom stereocenters. The fourth-order valence-corrected chi connectivity index (χ4v) is 3.14. The monoisotopic (exact) mass is 414 g/mol. The maximum absolute atomic E-state index is 14.4. The zero-order valence-corrected chi connectivity index (χ0v) is 15.3. The van der Waals surface area contributed by atoms with Gasteiger partial charge in [-0.2, -0.15) is 0 Å². The summed E-state index contributed by atoms with van der Waals surface area (Å²) >= 11 is 11.7. The number of nitrogens with zero attached hydrogens (tertiary/aromatic N) is 2. The van der Waals surface area contributed by atoms with Crippen LogP contribution < -0.4 is 11.1 Å². The molecule has 3 rings (SSSR count). The summed E-state index contributed by atoms with van der Waals surface area (Å²) in [6, 6.07) is 5.07. The highest BCUT2D eigenvalue weighted by Gasteiger charge is 2.38. The molecule has 1 aliphatic heterocycles. The molecule has 0 spiro atoms. The number of carbonyl (C=O) groups excluding carboxylic acids is 1. The number of carbonyl (C=O) groups is 1. The van der Waals surface area contributed by atoms with Crippen molar-refractivity contribution < 1.29 is 18.3 Å². The second-order valence-electron chi connectivity index (χ2n) is 5.89. The van der Waals surface area contributed by atoms with Crippen LogP contribution in [-0.2, 0) is 10.3 Å². The highest BCUT2D eigenvalue weighted by Crippen LogP contribution is 2.33. The normalized spacial score (nSPS) is 19.5. The molecule has 3 N–H and O–H groups in total. The smallest absolute Gasteiger partial charge is 0.275 e. The predicted octanol–water partition coefficient (Wildman–Crippen LogP) is 3.33. The van der Waals surface area contributed by atoms with Crippen molar-refractivity contribution in [2.45, 2.75) is 5.54 Å². The van der Waals surface area contributed by atoms with Crippen LogP contribution in [0.1, 0.15) is 16.1 Å². The molecule has 0 aliphatic carbocycles. The molecule has 2 heterocycles. The van der Waals surface area contributed by atoms with Gasteiger partial charge in [0.05, 0.1) is 16.7 Å². The number of ether oxygens (including phenoxy) is 1. The van der Waals surface area contributed by atoms with Crippen LogP contribution >= 0.6 is 23.2 Å². The molecule has 1 unspecified atom stereocenters. The number of nitrogens with one attached hydrogen (secondary N) is 1. The lowest BCUT2D eigenvalue weighted by molar-refractivity contribution is 0.0809. The first-order valence-corrected chi connectivity index (χ1v) is 8.50. The van der Waals surface area contributed by atoms with Gasteiger partial charge in [0.2, 0.25) is 0 Å². The van der Waals surface area contributed by atoms with Crippen molar-refractivity contribution in [1.29, 1.82) is 0 Å². The quantitative estimate of drug-likeness (QED) is 0.802. The summed E-state index contributed by atoms with van der Waals surface area (Å²) in [6.07, 6.45) is 1.27. The molecule has 1 amide bonds. The fourth-order valence-electron chi connectivity index (χ4n) is 2.67. The fraction of sp³-hybridized carbons (Fsp3) is 0.235. The van der Waals surface area contributed by atoms with E-state index in [9.17, 15) is 13.6 Å². The highest BCUT2D eigenvalue weighted by atomic mass is 35.5. The van der Waals surface area contributed by atoms with Crippen LogP contribution in [0.2, 0.25) is 10.0 Å². The molecule has 1 aromatic heterocycles. The van der Waals surface area contributed by atoms with E-state index in [1.165, 1.54) is 24.4 Å². The molecular formula is C17H14Cl2F2N4O2. The number of hydrogen-bond donors (Lipinski definition) is 2. The van der Waals surface area contributed by atoms with Gasteiger partial charge in [-0.15, -0.1) is 0 Å². The number of aromatic nitrogens is 1. The van der Waals surface area contributed by atoms with Crippen molar-refractivity contribution in [3.8, 4) is 0 Å². The van der Waals surface area contributed by atoms with Crippen molar-refractivity contribution in [3.05, 3.63) is 57.6 Å². The van der Waals surface area contributed by atoms with Crippen LogP contribution in [0.4, 0.5) is 14.5 Å². The molecule has 1 aliphatic rings. The summed E-state index contributed by atoms with van der Waals surface area (Å²) in [5, 5.41) is 2.87. The number of amidine groups is 1. The zero-order valence-electron chi connectivity index (χ0n) is 13.8. The Bertz CT molecular complexity index is 926. The SMILES string of the molecule is NC1=NC(CF)(c2cc(NC(=O)c3ncc(Cl)cc3Cl)ccc2F)COC1. The van der Waals surface area contributed by atoms with Crippen LogP contribution in [0, 0.1) is 5.82 Å². The summed E-state index contributed by atoms with van der Waals surface area (Å²) in [7, 11) is 0. The third kappa shape index (κ3) is 4.02. The Morgan fingerprint density at radius 3 is 2.81 bits per heavy atom. The van der Waals surface area contributed by atoms with Gasteiger partial charge in [-0.3, -0.25) is 9.79 Å². The lowest BCUT2D eigenvalue weighted by atomic mass is 9.91. The second kappa shape index (κ2) is 7.75. The molecule has 0 saturated heterocycles. The summed E-state index contributed by atoms with van der Waals surface area (Å²) in [6.45, 7) is -1.16. The van der Waals surface area contributed by atoms with E-state index in [2.05, 4.69) is 15.3 Å². The minimum atomic E-state index is -1.61. The lowest BCUT2D eigenvalue weighted by Gasteiger charge is -2.31. The van der Waals surface area contributed by atoms with Gasteiger partial charge in [-0.1, -0.05) is 23.2 Å². The van der Waals surface area contributed by atoms with Gasteiger partial charge in [-0.05, 0) is 24.3 Å². The summed E-state index contributed by atoms with van der Waals surface area (Å²) in [4.78, 5) is 20.3. The first-order chi connectivity index (χ1) is 12.8. The van der Waals surface area contributed by atoms with E-state index < -0.39 is 23.9 Å². The first kappa shape index (κ1) is 19.5. The minimum absolute atomic E-state index is 0.0422. The van der Waals surface area contributed by atoms with E-state index >= 15 is 0 Å². The van der Waals surface area contributed by atoms with E-state index in [-0.39, 0.29) is 46.0 Å². The lowest BCUT2D eigenvalue weighted by Crippen LogP contribution is -2.42. The van der Waals surface area contributed by atoms with Crippen molar-refractivity contribution >= 4 is 40.6 Å². The largest absolute Gasteiger partial charge is 0.385 e. The molecule has 142 valence electrons. The Balaban J connectivity index is 1.93. The molecule has 27 heavy (non-hydrogen) atoms. The Morgan fingerprint density at radius 1 is 1.37 bits per heavy atom. The Morgan fingerprint density at radius 2 is 2.15 bits per heavy atom. The molecular weight excluding hydrogens is 401 g/mol. The molecule has 2 aromatic rings. The maximum atomic E-state index is 14.4. The van der Waals surface area contributed by atoms with E-state index in [4.69, 9.17) is 33.7 Å². The molecule has 0 radical (unpaired) electrons. The predicted molar refractivity (Wildman–Crippen MR) is 98.7 cm³/mol. The standard InChI is InChI=1S/C17H14Cl2F2N4O2/c18-9-3-12(19)15(23-5-9)16(26)24-10-1-2-13(21)11(4-10)17(7-20)8-27-6-14(22)25-17/h1-5H,6-8H2,(H2,22,25)(H,24,26). The van der Waals surface area contributed by atoms with E-state index in [1.807, 2.05) is 0 Å². The molecule has 6 nitrogen and oxygen atoms in total. The van der Waals surface area contributed by atoms with Crippen molar-refractivity contribution in [3.63, 3.8) is 0 Å². The minimum Gasteiger partial charge on any atom is -0.385 e. The molecule has 0 bridgehead atoms. The molecule has 0 fully saturated rings. The van der Waals surface area contributed by atoms with E-state index in [0.717, 1.165) is 6.07 Å². The number of amides is 1. The number of aliphatic imine (C=N–C) groups is 1. The van der Waals surface area contributed by atoms with Gasteiger partial charge >= 0.3 is 0 Å². The number of nitrogens with two attached hydrogens (primary N) is 1. The Hall–Kier alpha value is -2.29. The van der Waals surface area contributed by atoms with Crippen molar-refractivity contribution in [2.24, 2.45) is 10.7 Å². The van der Waals surface area contributed by atoms with Crippen LogP contribution in [0.5, 0.6) is 0 Å². The molecule has 1 aromatic carbocycles. The number of alkyl halides is 1. The number of pyridine rings is 1. The van der Waals surface area contributed by atoms with Crippen molar-refractivity contribution in [2.75, 3.05) is 25.2 Å². The van der Waals surface area contributed by atoms with Gasteiger partial charge in [-0.25, -0.2) is 13.8 Å². The first-order valence-electron chi connectivity index (χ1n) is 7.75. The Labute approximate surface area is 163 Å². The van der Waals surface area contributed by atoms with Gasteiger partial charge in [0.25, 0.3) is 5.91 Å². The van der Waals surface area contributed by atoms with Crippen LogP contribution in [0.15, 0.2) is 35.5 Å². The number of benzene rings is 1. The topological polar surface area (TPSA) is 89.6 Å². The number of hydrogen-bond acceptors (Lipinski definition) is 5. The number of halogens is 4. The Kier molecular flexibility index (Phi) is 5.59. The van der Waals surface area contributed by atoms with Gasteiger partial charge in [0.1, 0.15) is 36.2 Å². The van der Waals surface area contributed by atoms with E-state index in [0.29, 0.717) is 0 Å². The van der Waals surface area contributed by atoms with Gasteiger partial charge in [0, 0.05) is 17.4 Å². The molecule has 0 saturated carbocycles. The van der Waals surface area contributed by atoms with E-state index in [1.54, 1.807) is 0 Å². The number of rotatable bonds is 4. The van der Waals surface area contributed by atoms with Crippen LogP contribution in [0.3, 0.4) is 0 Å². The van der Waals surface area contributed by atoms with Crippen LogP contribution in [-0.4, -0.2) is 36.6 Å². The molecule has 10 heteroatoms. The second-order valence-corrected chi connectivity index (χ2v) is 6.74. The maximum Gasteiger partial charge on any atom is 0.275 e. The van der Waals surface area contributed by atoms with Gasteiger partial charge < -0.3 is 15.8 Å². The average Bonchev–Trinajstić information content (AvgIpc) is 2.63. The average molecular weight is 415 g/mol. The third-order valence-electron chi connectivity index (χ3n) is 3.92. The summed E-state index contributed by atoms with van der Waals surface area (Å²) < 4.78 is 33.4. The third-order valence-corrected chi connectivity index (χ3v) is 4.41.